The summed E-state index contributed by atoms with van der Waals surface area (Å²) in [5, 5.41) is 0. The van der Waals surface area contributed by atoms with Crippen LogP contribution in [-0.4, -0.2) is 51.4 Å². The summed E-state index contributed by atoms with van der Waals surface area (Å²) < 4.78 is 30.3. The third-order valence-electron chi connectivity index (χ3n) is 6.33. The Morgan fingerprint density at radius 2 is 1.82 bits per heavy atom. The first kappa shape index (κ1) is 24.1. The molecule has 1 fully saturated rings. The molecule has 4 rings (SSSR count). The van der Waals surface area contributed by atoms with Crippen molar-refractivity contribution >= 4 is 16.9 Å². The number of hydrogen-bond acceptors (Lipinski definition) is 3. The number of hydrogen-bond donors (Lipinski definition) is 0. The molecule has 2 heterocycles. The number of benzene rings is 2. The molecule has 1 saturated heterocycles. The Hall–Kier alpha value is -3.06. The standard InChI is InChI=1S/C27H32F2N4O/c1-2-3-18-32(27(34)21-11-10-12-22(28)26(21)29)20-25-30-23-13-4-5-14-24(23)33(25)19-9-8-17-31-15-6-7-16-31/h4-5,8-14H,2-3,6-7,15-20H2,1H3/b9-8-. The van der Waals surface area contributed by atoms with E-state index in [1.54, 1.807) is 4.90 Å². The number of likely N-dealkylation sites (tertiary alicyclic amines) is 1. The number of nitrogens with zero attached hydrogens (tertiary/aromatic N) is 4. The average Bonchev–Trinajstić information content (AvgIpc) is 3.48. The highest BCUT2D eigenvalue weighted by Crippen LogP contribution is 2.20. The van der Waals surface area contributed by atoms with Crippen molar-refractivity contribution in [1.29, 1.82) is 0 Å². The van der Waals surface area contributed by atoms with Gasteiger partial charge < -0.3 is 9.47 Å². The van der Waals surface area contributed by atoms with Crippen molar-refractivity contribution in [2.75, 3.05) is 26.2 Å². The molecule has 0 aliphatic carbocycles. The quantitative estimate of drug-likeness (QED) is 0.375. The maximum absolute atomic E-state index is 14.4. The molecule has 1 aliphatic heterocycles. The van der Waals surface area contributed by atoms with Crippen molar-refractivity contribution in [3.05, 3.63) is 77.6 Å². The minimum absolute atomic E-state index is 0.226. The number of imidazole rings is 1. The van der Waals surface area contributed by atoms with E-state index in [-0.39, 0.29) is 12.1 Å². The van der Waals surface area contributed by atoms with Gasteiger partial charge in [-0.1, -0.05) is 43.7 Å². The molecule has 3 aromatic rings. The molecule has 0 bridgehead atoms. The summed E-state index contributed by atoms with van der Waals surface area (Å²) in [6, 6.07) is 11.6. The van der Waals surface area contributed by atoms with Gasteiger partial charge in [0.25, 0.3) is 5.91 Å². The van der Waals surface area contributed by atoms with Crippen LogP contribution in [-0.2, 0) is 13.1 Å². The molecule has 5 nitrogen and oxygen atoms in total. The highest BCUT2D eigenvalue weighted by Gasteiger charge is 2.23. The predicted molar refractivity (Wildman–Crippen MR) is 131 cm³/mol. The van der Waals surface area contributed by atoms with Crippen molar-refractivity contribution in [3.8, 4) is 0 Å². The lowest BCUT2D eigenvalue weighted by Crippen LogP contribution is -2.33. The van der Waals surface area contributed by atoms with Crippen LogP contribution in [0.4, 0.5) is 8.78 Å². The molecular formula is C27H32F2N4O. The van der Waals surface area contributed by atoms with Crippen LogP contribution in [0.3, 0.4) is 0 Å². The minimum Gasteiger partial charge on any atom is -0.331 e. The number of para-hydroxylation sites is 2. The zero-order valence-corrected chi connectivity index (χ0v) is 19.7. The zero-order chi connectivity index (χ0) is 23.9. The molecule has 34 heavy (non-hydrogen) atoms. The second-order valence-electron chi connectivity index (χ2n) is 8.79. The molecule has 0 unspecified atom stereocenters. The van der Waals surface area contributed by atoms with E-state index in [4.69, 9.17) is 4.98 Å². The smallest absolute Gasteiger partial charge is 0.257 e. The van der Waals surface area contributed by atoms with Gasteiger partial charge in [0, 0.05) is 19.6 Å². The molecule has 0 radical (unpaired) electrons. The largest absolute Gasteiger partial charge is 0.331 e. The van der Waals surface area contributed by atoms with E-state index in [2.05, 4.69) is 21.6 Å². The van der Waals surface area contributed by atoms with Gasteiger partial charge in [0.2, 0.25) is 0 Å². The van der Waals surface area contributed by atoms with E-state index in [9.17, 15) is 13.6 Å². The Balaban J connectivity index is 1.59. The highest BCUT2D eigenvalue weighted by molar-refractivity contribution is 5.94. The lowest BCUT2D eigenvalue weighted by molar-refractivity contribution is 0.0729. The molecule has 1 amide bonds. The summed E-state index contributed by atoms with van der Waals surface area (Å²) in [4.78, 5) is 22.0. The SMILES string of the molecule is CCCCN(Cc1nc2ccccc2n1C/C=C\CN1CCCC1)C(=O)c1cccc(F)c1F. The molecule has 1 aliphatic rings. The normalized spacial score (nSPS) is 14.4. The Bertz CT molecular complexity index is 1150. The number of fused-ring (bicyclic) bond motifs is 1. The lowest BCUT2D eigenvalue weighted by Gasteiger charge is -2.23. The number of unbranched alkanes of at least 4 members (excludes halogenated alkanes) is 1. The van der Waals surface area contributed by atoms with E-state index in [0.29, 0.717) is 13.1 Å². The first-order chi connectivity index (χ1) is 16.6. The van der Waals surface area contributed by atoms with E-state index < -0.39 is 17.5 Å². The average molecular weight is 467 g/mol. The first-order valence-corrected chi connectivity index (χ1v) is 12.1. The number of allylic oxidation sites excluding steroid dienone is 1. The van der Waals surface area contributed by atoms with E-state index in [1.807, 2.05) is 31.2 Å². The fourth-order valence-electron chi connectivity index (χ4n) is 4.43. The van der Waals surface area contributed by atoms with Crippen molar-refractivity contribution < 1.29 is 13.6 Å². The van der Waals surface area contributed by atoms with Gasteiger partial charge in [-0.3, -0.25) is 9.69 Å². The highest BCUT2D eigenvalue weighted by atomic mass is 19.2. The zero-order valence-electron chi connectivity index (χ0n) is 19.7. The second kappa shape index (κ2) is 11.4. The Kier molecular flexibility index (Phi) is 8.06. The predicted octanol–water partition coefficient (Wildman–Crippen LogP) is 5.41. The van der Waals surface area contributed by atoms with Crippen LogP contribution in [0.5, 0.6) is 0 Å². The summed E-state index contributed by atoms with van der Waals surface area (Å²) in [6.45, 7) is 6.56. The van der Waals surface area contributed by atoms with Crippen LogP contribution in [0.1, 0.15) is 48.8 Å². The van der Waals surface area contributed by atoms with Gasteiger partial charge in [-0.25, -0.2) is 13.8 Å². The van der Waals surface area contributed by atoms with Crippen molar-refractivity contribution in [3.63, 3.8) is 0 Å². The molecule has 7 heteroatoms. The number of carbonyl (C=O) groups is 1. The molecule has 0 spiro atoms. The topological polar surface area (TPSA) is 41.4 Å². The van der Waals surface area contributed by atoms with Gasteiger partial charge in [-0.05, 0) is 56.6 Å². The van der Waals surface area contributed by atoms with Gasteiger partial charge in [0.15, 0.2) is 11.6 Å². The Morgan fingerprint density at radius 3 is 2.62 bits per heavy atom. The second-order valence-corrected chi connectivity index (χ2v) is 8.79. The number of halogens is 2. The van der Waals surface area contributed by atoms with Crippen LogP contribution in [0, 0.1) is 11.6 Å². The van der Waals surface area contributed by atoms with Gasteiger partial charge in [0.05, 0.1) is 23.1 Å². The molecule has 1 aromatic heterocycles. The molecule has 0 atom stereocenters. The van der Waals surface area contributed by atoms with Crippen molar-refractivity contribution in [2.24, 2.45) is 0 Å². The molecule has 2 aromatic carbocycles. The number of rotatable bonds is 10. The van der Waals surface area contributed by atoms with Gasteiger partial charge in [-0.15, -0.1) is 0 Å². The van der Waals surface area contributed by atoms with E-state index >= 15 is 0 Å². The number of carbonyl (C=O) groups excluding carboxylic acids is 1. The maximum Gasteiger partial charge on any atom is 0.257 e. The summed E-state index contributed by atoms with van der Waals surface area (Å²) in [5.74, 6) is -1.91. The Morgan fingerprint density at radius 1 is 1.06 bits per heavy atom. The minimum atomic E-state index is -1.10. The van der Waals surface area contributed by atoms with Crippen LogP contribution >= 0.6 is 0 Å². The van der Waals surface area contributed by atoms with Crippen LogP contribution < -0.4 is 0 Å². The summed E-state index contributed by atoms with van der Waals surface area (Å²) in [5.41, 5.74) is 1.60. The maximum atomic E-state index is 14.4. The number of amides is 1. The third-order valence-corrected chi connectivity index (χ3v) is 6.33. The van der Waals surface area contributed by atoms with E-state index in [1.165, 1.54) is 25.0 Å². The summed E-state index contributed by atoms with van der Waals surface area (Å²) in [6.07, 6.45) is 8.49. The van der Waals surface area contributed by atoms with Gasteiger partial charge in [-0.2, -0.15) is 0 Å². The van der Waals surface area contributed by atoms with E-state index in [0.717, 1.165) is 55.4 Å². The van der Waals surface area contributed by atoms with Crippen LogP contribution in [0.15, 0.2) is 54.6 Å². The van der Waals surface area contributed by atoms with Crippen molar-refractivity contribution in [2.45, 2.75) is 45.7 Å². The fraction of sp³-hybridized carbons (Fsp3) is 0.407. The fourth-order valence-corrected chi connectivity index (χ4v) is 4.43. The van der Waals surface area contributed by atoms with Gasteiger partial charge in [0.1, 0.15) is 5.82 Å². The monoisotopic (exact) mass is 466 g/mol. The number of aromatic nitrogens is 2. The van der Waals surface area contributed by atoms with Crippen LogP contribution in [0.25, 0.3) is 11.0 Å². The first-order valence-electron chi connectivity index (χ1n) is 12.1. The summed E-state index contributed by atoms with van der Waals surface area (Å²) in [7, 11) is 0. The summed E-state index contributed by atoms with van der Waals surface area (Å²) >= 11 is 0. The van der Waals surface area contributed by atoms with Gasteiger partial charge >= 0.3 is 0 Å². The third kappa shape index (κ3) is 5.53. The molecule has 0 saturated carbocycles. The Labute approximate surface area is 199 Å². The molecular weight excluding hydrogens is 434 g/mol. The lowest BCUT2D eigenvalue weighted by atomic mass is 10.1. The molecule has 180 valence electrons. The van der Waals surface area contributed by atoms with Crippen LogP contribution in [0.2, 0.25) is 0 Å². The van der Waals surface area contributed by atoms with Crippen molar-refractivity contribution in [1.82, 2.24) is 19.4 Å². The molecule has 0 N–H and O–H groups in total.